The van der Waals surface area contributed by atoms with Crippen molar-refractivity contribution in [2.75, 3.05) is 51.8 Å². The number of amides is 2. The Morgan fingerprint density at radius 3 is 2.62 bits per heavy atom. The van der Waals surface area contributed by atoms with Crippen LogP contribution in [0, 0.1) is 13.8 Å². The van der Waals surface area contributed by atoms with E-state index >= 15 is 0 Å². The summed E-state index contributed by atoms with van der Waals surface area (Å²) in [6, 6.07) is 9.80. The first-order valence-corrected chi connectivity index (χ1v) is 15.6. The molecule has 0 bridgehead atoms. The van der Waals surface area contributed by atoms with Crippen LogP contribution in [0.2, 0.25) is 0 Å². The maximum atomic E-state index is 13.8. The van der Waals surface area contributed by atoms with Gasteiger partial charge in [-0.25, -0.2) is 4.98 Å². The zero-order valence-corrected chi connectivity index (χ0v) is 26.9. The van der Waals surface area contributed by atoms with E-state index in [1.807, 2.05) is 6.92 Å². The molecule has 0 unspecified atom stereocenters. The molecular formula is C34H40F3N5O5. The van der Waals surface area contributed by atoms with E-state index in [0.29, 0.717) is 61.0 Å². The van der Waals surface area contributed by atoms with Gasteiger partial charge in [0.25, 0.3) is 11.8 Å². The highest BCUT2D eigenvalue weighted by Crippen LogP contribution is 2.34. The number of methoxy groups -OCH3 is 1. The number of hydrogen-bond donors (Lipinski definition) is 3. The second-order valence-electron chi connectivity index (χ2n) is 12.0. The van der Waals surface area contributed by atoms with Crippen molar-refractivity contribution in [1.82, 2.24) is 20.5 Å². The molecule has 0 spiro atoms. The number of alkyl halides is 3. The van der Waals surface area contributed by atoms with Crippen molar-refractivity contribution in [2.24, 2.45) is 0 Å². The summed E-state index contributed by atoms with van der Waals surface area (Å²) in [6.45, 7) is 8.73. The third-order valence-corrected chi connectivity index (χ3v) is 8.33. The van der Waals surface area contributed by atoms with Gasteiger partial charge >= 0.3 is 6.18 Å². The maximum Gasteiger partial charge on any atom is 0.416 e. The van der Waals surface area contributed by atoms with Crippen LogP contribution in [0.4, 0.5) is 19.0 Å². The molecule has 3 aromatic rings. The van der Waals surface area contributed by atoms with E-state index in [2.05, 4.69) is 25.8 Å². The van der Waals surface area contributed by atoms with Crippen molar-refractivity contribution < 1.29 is 37.0 Å². The number of anilines is 1. The molecule has 2 saturated heterocycles. The van der Waals surface area contributed by atoms with Crippen molar-refractivity contribution >= 4 is 17.6 Å². The molecule has 0 radical (unpaired) electrons. The Kier molecular flexibility index (Phi) is 10.7. The number of rotatable bonds is 10. The number of hydrogen-bond acceptors (Lipinski definition) is 8. The molecule has 5 rings (SSSR count). The Labute approximate surface area is 272 Å². The van der Waals surface area contributed by atoms with Crippen LogP contribution in [0.25, 0.3) is 0 Å². The number of benzene rings is 2. The van der Waals surface area contributed by atoms with Crippen LogP contribution in [0.3, 0.4) is 0 Å². The summed E-state index contributed by atoms with van der Waals surface area (Å²) in [5.74, 6) is 0.0529. The summed E-state index contributed by atoms with van der Waals surface area (Å²) in [7, 11) is 1.52. The van der Waals surface area contributed by atoms with Crippen molar-refractivity contribution in [3.63, 3.8) is 0 Å². The molecule has 47 heavy (non-hydrogen) atoms. The smallest absolute Gasteiger partial charge is 0.416 e. The monoisotopic (exact) mass is 655 g/mol. The number of carbonyl (C=O) groups excluding carboxylic acids is 2. The number of nitrogens with one attached hydrogen (secondary N) is 3. The standard InChI is InChI=1S/C34H40F3N5O5/c1-20-13-29(47-30(18-42-10-9-38-22(3)17-42)23-6-5-7-24(14-23)34(35,36)37)28(33(44)40-25-8-11-46-19-25)15-27(20)32(43)41-31-21(2)12-26(45-4)16-39-31/h5-7,12-16,22,25,30,38H,8-11,17-19H2,1-4H3,(H,40,44)(H,39,41,43)/t22-,25+,30-/m1/s1. The van der Waals surface area contributed by atoms with E-state index in [9.17, 15) is 22.8 Å². The molecule has 2 aliphatic rings. The average molecular weight is 656 g/mol. The van der Waals surface area contributed by atoms with Gasteiger partial charge < -0.3 is 30.2 Å². The minimum Gasteiger partial charge on any atom is -0.495 e. The lowest BCUT2D eigenvalue weighted by atomic mass is 10.0. The number of pyridine rings is 1. The van der Waals surface area contributed by atoms with Crippen LogP contribution in [-0.4, -0.2) is 80.3 Å². The van der Waals surface area contributed by atoms with E-state index in [1.165, 1.54) is 25.4 Å². The van der Waals surface area contributed by atoms with Crippen molar-refractivity contribution in [3.05, 3.63) is 82.0 Å². The third kappa shape index (κ3) is 8.59. The van der Waals surface area contributed by atoms with Crippen molar-refractivity contribution in [2.45, 2.75) is 51.6 Å². The molecule has 0 saturated carbocycles. The average Bonchev–Trinajstić information content (AvgIpc) is 3.54. The fourth-order valence-electron chi connectivity index (χ4n) is 5.77. The largest absolute Gasteiger partial charge is 0.495 e. The summed E-state index contributed by atoms with van der Waals surface area (Å²) >= 11 is 0. The Balaban J connectivity index is 1.52. The third-order valence-electron chi connectivity index (χ3n) is 8.33. The van der Waals surface area contributed by atoms with Gasteiger partial charge in [0.2, 0.25) is 0 Å². The van der Waals surface area contributed by atoms with Gasteiger partial charge in [-0.1, -0.05) is 12.1 Å². The van der Waals surface area contributed by atoms with Crippen LogP contribution in [0.1, 0.15) is 62.4 Å². The molecule has 3 N–H and O–H groups in total. The SMILES string of the molecule is COc1cnc(NC(=O)c2cc(C(=O)N[C@H]3CCOC3)c(O[C@H](CN3CCN[C@H](C)C3)c3cccc(C(F)(F)F)c3)cc2C)c(C)c1. The number of piperazine rings is 1. The Hall–Kier alpha value is -4.20. The molecule has 2 amide bonds. The van der Waals surface area contributed by atoms with E-state index in [-0.39, 0.29) is 35.5 Å². The van der Waals surface area contributed by atoms with E-state index < -0.39 is 29.7 Å². The zero-order valence-electron chi connectivity index (χ0n) is 26.9. The van der Waals surface area contributed by atoms with Gasteiger partial charge in [0.05, 0.1) is 37.1 Å². The molecule has 3 heterocycles. The van der Waals surface area contributed by atoms with Gasteiger partial charge in [-0.2, -0.15) is 13.2 Å². The van der Waals surface area contributed by atoms with Crippen LogP contribution < -0.4 is 25.4 Å². The van der Waals surface area contributed by atoms with Gasteiger partial charge in [0.15, 0.2) is 0 Å². The quantitative estimate of drug-likeness (QED) is 0.283. The molecule has 0 aliphatic carbocycles. The first-order chi connectivity index (χ1) is 22.4. The molecule has 2 fully saturated rings. The lowest BCUT2D eigenvalue weighted by Crippen LogP contribution is -2.50. The molecule has 2 aliphatic heterocycles. The molecule has 2 aromatic carbocycles. The fourth-order valence-corrected chi connectivity index (χ4v) is 5.77. The van der Waals surface area contributed by atoms with Gasteiger partial charge in [-0.3, -0.25) is 14.5 Å². The Bertz CT molecular complexity index is 1590. The lowest BCUT2D eigenvalue weighted by Gasteiger charge is -2.35. The number of aryl methyl sites for hydroxylation is 2. The molecule has 13 heteroatoms. The van der Waals surface area contributed by atoms with Crippen LogP contribution in [0.15, 0.2) is 48.7 Å². The van der Waals surface area contributed by atoms with Crippen LogP contribution in [-0.2, 0) is 10.9 Å². The topological polar surface area (TPSA) is 114 Å². The summed E-state index contributed by atoms with van der Waals surface area (Å²) in [5.41, 5.74) is 1.01. The summed E-state index contributed by atoms with van der Waals surface area (Å²) in [6.07, 6.45) is -3.28. The van der Waals surface area contributed by atoms with Gasteiger partial charge in [-0.15, -0.1) is 0 Å². The Morgan fingerprint density at radius 1 is 1.13 bits per heavy atom. The maximum absolute atomic E-state index is 13.8. The van der Waals surface area contributed by atoms with E-state index in [1.54, 1.807) is 32.0 Å². The predicted molar refractivity (Wildman–Crippen MR) is 170 cm³/mol. The highest BCUT2D eigenvalue weighted by atomic mass is 19.4. The molecular weight excluding hydrogens is 615 g/mol. The molecule has 10 nitrogen and oxygen atoms in total. The minimum atomic E-state index is -4.54. The second-order valence-corrected chi connectivity index (χ2v) is 12.0. The van der Waals surface area contributed by atoms with Gasteiger partial charge in [0.1, 0.15) is 23.4 Å². The highest BCUT2D eigenvalue weighted by Gasteiger charge is 2.32. The number of nitrogens with zero attached hydrogens (tertiary/aromatic N) is 2. The first-order valence-electron chi connectivity index (χ1n) is 15.6. The Morgan fingerprint density at radius 2 is 1.94 bits per heavy atom. The van der Waals surface area contributed by atoms with Crippen LogP contribution in [0.5, 0.6) is 11.5 Å². The molecule has 252 valence electrons. The number of carbonyl (C=O) groups is 2. The molecule has 3 atom stereocenters. The zero-order chi connectivity index (χ0) is 33.7. The number of halogens is 3. The minimum absolute atomic E-state index is 0.0812. The van der Waals surface area contributed by atoms with E-state index in [0.717, 1.165) is 18.7 Å². The highest BCUT2D eigenvalue weighted by molar-refractivity contribution is 6.08. The first kappa shape index (κ1) is 34.1. The normalized spacial score (nSPS) is 19.2. The lowest BCUT2D eigenvalue weighted by molar-refractivity contribution is -0.137. The summed E-state index contributed by atoms with van der Waals surface area (Å²) in [4.78, 5) is 33.7. The number of aromatic nitrogens is 1. The van der Waals surface area contributed by atoms with E-state index in [4.69, 9.17) is 14.2 Å². The summed E-state index contributed by atoms with van der Waals surface area (Å²) in [5, 5.41) is 9.13. The van der Waals surface area contributed by atoms with Gasteiger partial charge in [0, 0.05) is 44.4 Å². The summed E-state index contributed by atoms with van der Waals surface area (Å²) < 4.78 is 58.4. The van der Waals surface area contributed by atoms with Crippen LogP contribution >= 0.6 is 0 Å². The van der Waals surface area contributed by atoms with Crippen molar-refractivity contribution in [1.29, 1.82) is 0 Å². The van der Waals surface area contributed by atoms with Gasteiger partial charge in [-0.05, 0) is 74.2 Å². The predicted octanol–water partition coefficient (Wildman–Crippen LogP) is 4.91. The fraction of sp³-hybridized carbons (Fsp3) is 0.441. The molecule has 1 aromatic heterocycles. The second kappa shape index (κ2) is 14.7. The number of ether oxygens (including phenoxy) is 3. The van der Waals surface area contributed by atoms with Crippen molar-refractivity contribution in [3.8, 4) is 11.5 Å².